The van der Waals surface area contributed by atoms with Crippen LogP contribution in [0.5, 0.6) is 11.6 Å². The number of alkyl halides is 1. The predicted molar refractivity (Wildman–Crippen MR) is 119 cm³/mol. The predicted octanol–water partition coefficient (Wildman–Crippen LogP) is 4.15. The highest BCUT2D eigenvalue weighted by atomic mass is 19.1. The molecular weight excluding hydrogens is 409 g/mol. The quantitative estimate of drug-likeness (QED) is 0.444. The second-order valence-corrected chi connectivity index (χ2v) is 7.01. The molecule has 0 radical (unpaired) electrons. The largest absolute Gasteiger partial charge is 0.439 e. The molecule has 0 amide bonds. The van der Waals surface area contributed by atoms with Gasteiger partial charge in [0.15, 0.2) is 0 Å². The van der Waals surface area contributed by atoms with Crippen LogP contribution in [0.1, 0.15) is 17.3 Å². The van der Waals surface area contributed by atoms with Crippen LogP contribution >= 0.6 is 0 Å². The highest BCUT2D eigenvalue weighted by molar-refractivity contribution is 5.78. The maximum Gasteiger partial charge on any atom is 0.218 e. The van der Waals surface area contributed by atoms with E-state index in [0.29, 0.717) is 45.4 Å². The number of benzene rings is 1. The lowest BCUT2D eigenvalue weighted by Gasteiger charge is -2.12. The number of aromatic nitrogens is 4. The minimum Gasteiger partial charge on any atom is -0.439 e. The van der Waals surface area contributed by atoms with Gasteiger partial charge in [0.25, 0.3) is 0 Å². The third kappa shape index (κ3) is 4.46. The first-order valence-corrected chi connectivity index (χ1v) is 9.87. The third-order valence-corrected chi connectivity index (χ3v) is 4.84. The Morgan fingerprint density at radius 1 is 1.12 bits per heavy atom. The second kappa shape index (κ2) is 9.34. The average molecular weight is 429 g/mol. The van der Waals surface area contributed by atoms with Crippen molar-refractivity contribution in [2.45, 2.75) is 6.17 Å². The lowest BCUT2D eigenvalue weighted by molar-refractivity contribution is 0.352. The summed E-state index contributed by atoms with van der Waals surface area (Å²) in [4.78, 5) is 19.5. The van der Waals surface area contributed by atoms with E-state index in [9.17, 15) is 9.18 Å². The SMILES string of the molecule is Cn1nc(-c2ccccn2)cc1Oc1cc(C=C=O)ccc1-c1ccc(C(F)CN)cn1. The molecule has 8 heteroatoms. The van der Waals surface area contributed by atoms with Crippen LogP contribution in [-0.2, 0) is 11.8 Å². The Morgan fingerprint density at radius 2 is 2.00 bits per heavy atom. The summed E-state index contributed by atoms with van der Waals surface area (Å²) in [5.41, 5.74) is 9.05. The maximum absolute atomic E-state index is 13.8. The molecule has 0 aliphatic heterocycles. The number of hydrogen-bond acceptors (Lipinski definition) is 6. The Bertz CT molecular complexity index is 1270. The highest BCUT2D eigenvalue weighted by Crippen LogP contribution is 2.35. The summed E-state index contributed by atoms with van der Waals surface area (Å²) >= 11 is 0. The zero-order chi connectivity index (χ0) is 22.5. The van der Waals surface area contributed by atoms with Crippen LogP contribution in [-0.4, -0.2) is 32.2 Å². The number of aryl methyl sites for hydroxylation is 1. The summed E-state index contributed by atoms with van der Waals surface area (Å²) < 4.78 is 21.6. The van der Waals surface area contributed by atoms with E-state index in [0.717, 1.165) is 0 Å². The topological polar surface area (TPSA) is 95.9 Å². The fourth-order valence-corrected chi connectivity index (χ4v) is 3.18. The van der Waals surface area contributed by atoms with Gasteiger partial charge in [-0.15, -0.1) is 0 Å². The molecule has 0 fully saturated rings. The second-order valence-electron chi connectivity index (χ2n) is 7.01. The molecule has 0 aliphatic rings. The zero-order valence-corrected chi connectivity index (χ0v) is 17.3. The van der Waals surface area contributed by atoms with Gasteiger partial charge in [-0.2, -0.15) is 5.10 Å². The fraction of sp³-hybridized carbons (Fsp3) is 0.125. The van der Waals surface area contributed by atoms with Crippen molar-refractivity contribution in [2.75, 3.05) is 6.54 Å². The third-order valence-electron chi connectivity index (χ3n) is 4.84. The molecule has 1 atom stereocenters. The lowest BCUT2D eigenvalue weighted by atomic mass is 10.1. The first-order chi connectivity index (χ1) is 15.6. The van der Waals surface area contributed by atoms with Gasteiger partial charge >= 0.3 is 0 Å². The van der Waals surface area contributed by atoms with Crippen LogP contribution in [0.4, 0.5) is 4.39 Å². The molecule has 1 unspecified atom stereocenters. The van der Waals surface area contributed by atoms with E-state index in [1.54, 1.807) is 60.3 Å². The molecule has 0 spiro atoms. The molecular formula is C24H20FN5O2. The molecule has 160 valence electrons. The van der Waals surface area contributed by atoms with Gasteiger partial charge in [-0.05, 0) is 35.9 Å². The molecule has 0 saturated carbocycles. The highest BCUT2D eigenvalue weighted by Gasteiger charge is 2.15. The van der Waals surface area contributed by atoms with E-state index in [-0.39, 0.29) is 6.54 Å². The Labute approximate surface area is 184 Å². The fourth-order valence-electron chi connectivity index (χ4n) is 3.18. The number of hydrogen-bond donors (Lipinski definition) is 1. The van der Waals surface area contributed by atoms with Crippen molar-refractivity contribution in [3.63, 3.8) is 0 Å². The number of rotatable bonds is 7. The van der Waals surface area contributed by atoms with Gasteiger partial charge in [-0.25, -0.2) is 13.9 Å². The van der Waals surface area contributed by atoms with Crippen molar-refractivity contribution in [1.29, 1.82) is 0 Å². The van der Waals surface area contributed by atoms with Gasteiger partial charge in [0, 0.05) is 49.3 Å². The van der Waals surface area contributed by atoms with Gasteiger partial charge in [0.1, 0.15) is 23.6 Å². The van der Waals surface area contributed by atoms with E-state index in [2.05, 4.69) is 15.1 Å². The number of pyridine rings is 2. The van der Waals surface area contributed by atoms with E-state index >= 15 is 0 Å². The van der Waals surface area contributed by atoms with Crippen LogP contribution in [0.15, 0.2) is 67.0 Å². The van der Waals surface area contributed by atoms with Gasteiger partial charge in [-0.1, -0.05) is 18.2 Å². The van der Waals surface area contributed by atoms with Crippen LogP contribution in [0.25, 0.3) is 28.7 Å². The number of nitrogens with zero attached hydrogens (tertiary/aromatic N) is 4. The first kappa shape index (κ1) is 21.1. The van der Waals surface area contributed by atoms with E-state index in [1.165, 1.54) is 12.3 Å². The molecule has 32 heavy (non-hydrogen) atoms. The van der Waals surface area contributed by atoms with E-state index < -0.39 is 6.17 Å². The molecule has 0 aliphatic carbocycles. The number of ether oxygens (including phenoxy) is 1. The Morgan fingerprint density at radius 3 is 2.69 bits per heavy atom. The lowest BCUT2D eigenvalue weighted by Crippen LogP contribution is -2.07. The van der Waals surface area contributed by atoms with Crippen molar-refractivity contribution < 1.29 is 13.9 Å². The summed E-state index contributed by atoms with van der Waals surface area (Å²) in [5, 5.41) is 4.47. The number of carbonyl (C=O) groups excluding carboxylic acids is 1. The van der Waals surface area contributed by atoms with Crippen molar-refractivity contribution >= 4 is 12.0 Å². The van der Waals surface area contributed by atoms with Crippen molar-refractivity contribution in [1.82, 2.24) is 19.7 Å². The van der Waals surface area contributed by atoms with Crippen molar-refractivity contribution in [3.8, 4) is 34.3 Å². The van der Waals surface area contributed by atoms with Gasteiger partial charge in [-0.3, -0.25) is 9.97 Å². The molecule has 7 nitrogen and oxygen atoms in total. The molecule has 0 saturated heterocycles. The maximum atomic E-state index is 13.8. The Balaban J connectivity index is 1.72. The molecule has 2 N–H and O–H groups in total. The van der Waals surface area contributed by atoms with E-state index in [1.807, 2.05) is 18.2 Å². The summed E-state index contributed by atoms with van der Waals surface area (Å²) in [6.07, 6.45) is 3.19. The Kier molecular flexibility index (Phi) is 6.17. The standard InChI is InChI=1S/C24H20FN5O2/c1-30-24(13-22(29-30)21-4-2-3-10-27-21)32-23-12-16(9-11-31)5-7-18(23)20-8-6-17(15-28-20)19(25)14-26/h2-10,12-13,15,19H,14,26H2,1H3. The Hall–Kier alpha value is -4.13. The van der Waals surface area contributed by atoms with Crippen LogP contribution in [0.3, 0.4) is 0 Å². The van der Waals surface area contributed by atoms with Crippen LogP contribution in [0.2, 0.25) is 0 Å². The van der Waals surface area contributed by atoms with Crippen molar-refractivity contribution in [3.05, 3.63) is 78.1 Å². The first-order valence-electron chi connectivity index (χ1n) is 9.87. The van der Waals surface area contributed by atoms with Crippen LogP contribution < -0.4 is 10.5 Å². The number of halogens is 1. The minimum absolute atomic E-state index is 0.110. The van der Waals surface area contributed by atoms with Gasteiger partial charge < -0.3 is 10.5 Å². The molecule has 3 heterocycles. The van der Waals surface area contributed by atoms with Gasteiger partial charge in [0.2, 0.25) is 5.88 Å². The average Bonchev–Trinajstić information content (AvgIpc) is 3.20. The minimum atomic E-state index is -1.27. The summed E-state index contributed by atoms with van der Waals surface area (Å²) in [6, 6.07) is 15.9. The molecule has 1 aromatic carbocycles. The van der Waals surface area contributed by atoms with Crippen molar-refractivity contribution in [2.24, 2.45) is 12.8 Å². The molecule has 0 bridgehead atoms. The molecule has 3 aromatic heterocycles. The summed E-state index contributed by atoms with van der Waals surface area (Å²) in [6.45, 7) is -0.110. The zero-order valence-electron chi connectivity index (χ0n) is 17.3. The monoisotopic (exact) mass is 429 g/mol. The van der Waals surface area contributed by atoms with Gasteiger partial charge in [0.05, 0.1) is 11.4 Å². The summed E-state index contributed by atoms with van der Waals surface area (Å²) in [5.74, 6) is 2.71. The number of nitrogens with two attached hydrogens (primary N) is 1. The molecule has 4 rings (SSSR count). The van der Waals surface area contributed by atoms with Crippen LogP contribution in [0, 0.1) is 0 Å². The van der Waals surface area contributed by atoms with E-state index in [4.69, 9.17) is 10.5 Å². The molecule has 4 aromatic rings. The normalized spacial score (nSPS) is 11.6. The summed E-state index contributed by atoms with van der Waals surface area (Å²) in [7, 11) is 1.76. The smallest absolute Gasteiger partial charge is 0.218 e.